The van der Waals surface area contributed by atoms with E-state index in [0.717, 1.165) is 16.9 Å². The molecule has 7 heteroatoms. The number of aryl methyl sites for hydroxylation is 1. The molecular weight excluding hydrogens is 346 g/mol. The van der Waals surface area contributed by atoms with Gasteiger partial charge in [0, 0.05) is 12.6 Å². The molecule has 0 bridgehead atoms. The van der Waals surface area contributed by atoms with E-state index in [1.165, 1.54) is 4.90 Å². The van der Waals surface area contributed by atoms with Crippen LogP contribution in [0.5, 0.6) is 11.5 Å². The fourth-order valence-electron chi connectivity index (χ4n) is 2.36. The van der Waals surface area contributed by atoms with Crippen LogP contribution in [0.1, 0.15) is 11.5 Å². The molecule has 3 rings (SSSR count). The molecule has 0 atom stereocenters. The summed E-state index contributed by atoms with van der Waals surface area (Å²) in [6.07, 6.45) is 0. The van der Waals surface area contributed by atoms with Crippen LogP contribution in [0.3, 0.4) is 0 Å². The molecule has 0 aliphatic rings. The van der Waals surface area contributed by atoms with Gasteiger partial charge in [0.15, 0.2) is 6.61 Å². The van der Waals surface area contributed by atoms with Crippen LogP contribution < -0.4 is 9.47 Å². The van der Waals surface area contributed by atoms with E-state index in [1.807, 2.05) is 31.2 Å². The minimum Gasteiger partial charge on any atom is -0.497 e. The number of ether oxygens (including phenoxy) is 2. The smallest absolute Gasteiger partial charge is 0.260 e. The van der Waals surface area contributed by atoms with Crippen LogP contribution in [-0.4, -0.2) is 41.7 Å². The van der Waals surface area contributed by atoms with Gasteiger partial charge in [0.2, 0.25) is 11.7 Å². The summed E-state index contributed by atoms with van der Waals surface area (Å²) >= 11 is 0. The lowest BCUT2D eigenvalue weighted by molar-refractivity contribution is -0.132. The zero-order chi connectivity index (χ0) is 19.2. The van der Waals surface area contributed by atoms with E-state index < -0.39 is 0 Å². The molecule has 1 aromatic heterocycles. The van der Waals surface area contributed by atoms with Crippen LogP contribution in [-0.2, 0) is 11.3 Å². The third-order valence-corrected chi connectivity index (χ3v) is 4.00. The van der Waals surface area contributed by atoms with Crippen molar-refractivity contribution < 1.29 is 18.8 Å². The highest BCUT2D eigenvalue weighted by atomic mass is 16.5. The lowest BCUT2D eigenvalue weighted by Gasteiger charge is -2.15. The Kier molecular flexibility index (Phi) is 5.71. The fraction of sp³-hybridized carbons (Fsp3) is 0.250. The standard InChI is InChI=1S/C20H21N3O4/c1-14-4-6-15(7-5-14)20-21-18(27-22-20)12-23(2)19(24)13-26-17-10-8-16(25-3)9-11-17/h4-11H,12-13H2,1-3H3. The first kappa shape index (κ1) is 18.4. The van der Waals surface area contributed by atoms with Gasteiger partial charge in [-0.25, -0.2) is 0 Å². The topological polar surface area (TPSA) is 77.7 Å². The number of nitrogens with zero attached hydrogens (tertiary/aromatic N) is 3. The largest absolute Gasteiger partial charge is 0.497 e. The predicted octanol–water partition coefficient (Wildman–Crippen LogP) is 3.09. The Morgan fingerprint density at radius 2 is 1.74 bits per heavy atom. The Hall–Kier alpha value is -3.35. The molecule has 3 aromatic rings. The normalized spacial score (nSPS) is 10.5. The lowest BCUT2D eigenvalue weighted by atomic mass is 10.1. The molecule has 0 fully saturated rings. The molecule has 7 nitrogen and oxygen atoms in total. The van der Waals surface area contributed by atoms with Crippen molar-refractivity contribution >= 4 is 5.91 Å². The van der Waals surface area contributed by atoms with Crippen LogP contribution in [0, 0.1) is 6.92 Å². The van der Waals surface area contributed by atoms with E-state index in [-0.39, 0.29) is 19.1 Å². The zero-order valence-electron chi connectivity index (χ0n) is 15.5. The molecular formula is C20H21N3O4. The average Bonchev–Trinajstić information content (AvgIpc) is 3.15. The van der Waals surface area contributed by atoms with E-state index >= 15 is 0 Å². The van der Waals surface area contributed by atoms with Crippen molar-refractivity contribution in [3.05, 3.63) is 60.0 Å². The number of benzene rings is 2. The maximum absolute atomic E-state index is 12.2. The van der Waals surface area contributed by atoms with E-state index in [1.54, 1.807) is 38.4 Å². The van der Waals surface area contributed by atoms with Crippen molar-refractivity contribution in [1.82, 2.24) is 15.0 Å². The van der Waals surface area contributed by atoms with Crippen molar-refractivity contribution in [2.45, 2.75) is 13.5 Å². The van der Waals surface area contributed by atoms with E-state index in [4.69, 9.17) is 14.0 Å². The lowest BCUT2D eigenvalue weighted by Crippen LogP contribution is -2.31. The summed E-state index contributed by atoms with van der Waals surface area (Å²) in [7, 11) is 3.26. The highest BCUT2D eigenvalue weighted by Crippen LogP contribution is 2.18. The second-order valence-electron chi connectivity index (χ2n) is 6.09. The summed E-state index contributed by atoms with van der Waals surface area (Å²) in [6.45, 7) is 2.14. The van der Waals surface area contributed by atoms with Crippen molar-refractivity contribution in [3.8, 4) is 22.9 Å². The molecule has 0 aliphatic carbocycles. The van der Waals surface area contributed by atoms with Gasteiger partial charge in [-0.1, -0.05) is 35.0 Å². The second-order valence-corrected chi connectivity index (χ2v) is 6.09. The van der Waals surface area contributed by atoms with Gasteiger partial charge in [-0.05, 0) is 31.2 Å². The summed E-state index contributed by atoms with van der Waals surface area (Å²) in [4.78, 5) is 18.1. The van der Waals surface area contributed by atoms with Crippen LogP contribution in [0.25, 0.3) is 11.4 Å². The van der Waals surface area contributed by atoms with Gasteiger partial charge >= 0.3 is 0 Å². The number of carbonyl (C=O) groups excluding carboxylic acids is 1. The van der Waals surface area contributed by atoms with Crippen molar-refractivity contribution in [2.24, 2.45) is 0 Å². The number of amides is 1. The molecule has 0 aliphatic heterocycles. The average molecular weight is 367 g/mol. The van der Waals surface area contributed by atoms with E-state index in [0.29, 0.717) is 17.5 Å². The van der Waals surface area contributed by atoms with Gasteiger partial charge < -0.3 is 18.9 Å². The Labute approximate surface area is 157 Å². The number of methoxy groups -OCH3 is 1. The molecule has 1 heterocycles. The molecule has 1 amide bonds. The van der Waals surface area contributed by atoms with Gasteiger partial charge in [0.25, 0.3) is 5.91 Å². The van der Waals surface area contributed by atoms with Gasteiger partial charge in [-0.2, -0.15) is 4.98 Å². The van der Waals surface area contributed by atoms with Crippen molar-refractivity contribution in [1.29, 1.82) is 0 Å². The maximum atomic E-state index is 12.2. The van der Waals surface area contributed by atoms with Gasteiger partial charge in [-0.3, -0.25) is 4.79 Å². The first-order valence-corrected chi connectivity index (χ1v) is 8.45. The summed E-state index contributed by atoms with van der Waals surface area (Å²) in [5.41, 5.74) is 2.03. The monoisotopic (exact) mass is 367 g/mol. The van der Waals surface area contributed by atoms with Crippen LogP contribution in [0.2, 0.25) is 0 Å². The van der Waals surface area contributed by atoms with Crippen molar-refractivity contribution in [3.63, 3.8) is 0 Å². The zero-order valence-corrected chi connectivity index (χ0v) is 15.5. The van der Waals surface area contributed by atoms with Crippen LogP contribution >= 0.6 is 0 Å². The highest BCUT2D eigenvalue weighted by Gasteiger charge is 2.15. The molecule has 2 aromatic carbocycles. The highest BCUT2D eigenvalue weighted by molar-refractivity contribution is 5.77. The molecule has 0 unspecified atom stereocenters. The van der Waals surface area contributed by atoms with Crippen LogP contribution in [0.15, 0.2) is 53.1 Å². The third-order valence-electron chi connectivity index (χ3n) is 4.00. The Morgan fingerprint density at radius 3 is 2.41 bits per heavy atom. The van der Waals surface area contributed by atoms with E-state index in [2.05, 4.69) is 10.1 Å². The molecule has 27 heavy (non-hydrogen) atoms. The second kappa shape index (κ2) is 8.35. The fourth-order valence-corrected chi connectivity index (χ4v) is 2.36. The SMILES string of the molecule is COc1ccc(OCC(=O)N(C)Cc2nc(-c3ccc(C)cc3)no2)cc1. The first-order valence-electron chi connectivity index (χ1n) is 8.45. The summed E-state index contributed by atoms with van der Waals surface area (Å²) in [5, 5.41) is 3.97. The Balaban J connectivity index is 1.54. The number of hydrogen-bond donors (Lipinski definition) is 0. The van der Waals surface area contributed by atoms with Gasteiger partial charge in [0.05, 0.1) is 13.7 Å². The molecule has 0 radical (unpaired) electrons. The molecule has 0 saturated carbocycles. The maximum Gasteiger partial charge on any atom is 0.260 e. The minimum atomic E-state index is -0.194. The summed E-state index contributed by atoms with van der Waals surface area (Å²) in [5.74, 6) is 2.00. The Bertz CT molecular complexity index is 888. The number of hydrogen-bond acceptors (Lipinski definition) is 6. The van der Waals surface area contributed by atoms with Crippen molar-refractivity contribution in [2.75, 3.05) is 20.8 Å². The number of carbonyl (C=O) groups is 1. The summed E-state index contributed by atoms with van der Waals surface area (Å²) in [6, 6.07) is 14.9. The summed E-state index contributed by atoms with van der Waals surface area (Å²) < 4.78 is 15.8. The Morgan fingerprint density at radius 1 is 1.07 bits per heavy atom. The number of aromatic nitrogens is 2. The number of likely N-dealkylation sites (N-methyl/N-ethyl adjacent to an activating group) is 1. The predicted molar refractivity (Wildman–Crippen MR) is 99.4 cm³/mol. The molecule has 0 saturated heterocycles. The molecule has 0 spiro atoms. The van der Waals surface area contributed by atoms with E-state index in [9.17, 15) is 4.79 Å². The first-order chi connectivity index (χ1) is 13.0. The number of rotatable bonds is 7. The third kappa shape index (κ3) is 4.84. The van der Waals surface area contributed by atoms with Gasteiger partial charge in [-0.15, -0.1) is 0 Å². The quantitative estimate of drug-likeness (QED) is 0.639. The van der Waals surface area contributed by atoms with Gasteiger partial charge in [0.1, 0.15) is 11.5 Å². The minimum absolute atomic E-state index is 0.0816. The molecule has 140 valence electrons. The molecule has 0 N–H and O–H groups in total. The van der Waals surface area contributed by atoms with Crippen LogP contribution in [0.4, 0.5) is 0 Å².